The molecule has 17 heavy (non-hydrogen) atoms. The number of hydrogen-bond donors (Lipinski definition) is 1. The summed E-state index contributed by atoms with van der Waals surface area (Å²) in [5.74, 6) is 1.86. The maximum atomic E-state index is 5.41. The lowest BCUT2D eigenvalue weighted by atomic mass is 10.1. The molecule has 3 atom stereocenters. The second kappa shape index (κ2) is 5.54. The molecule has 1 saturated carbocycles. The van der Waals surface area contributed by atoms with Crippen LogP contribution >= 0.6 is 0 Å². The molecule has 0 aromatic heterocycles. The van der Waals surface area contributed by atoms with Gasteiger partial charge in [-0.2, -0.15) is 0 Å². The van der Waals surface area contributed by atoms with Crippen molar-refractivity contribution in [1.82, 2.24) is 5.32 Å². The van der Waals surface area contributed by atoms with Crippen molar-refractivity contribution in [1.29, 1.82) is 0 Å². The number of hydrogen-bond acceptors (Lipinski definition) is 2. The fourth-order valence-corrected chi connectivity index (χ4v) is 2.83. The number of rotatable bonds is 4. The van der Waals surface area contributed by atoms with E-state index in [9.17, 15) is 0 Å². The van der Waals surface area contributed by atoms with Gasteiger partial charge in [0, 0.05) is 17.6 Å². The predicted octanol–water partition coefficient (Wildman–Crippen LogP) is 3.53. The molecule has 1 fully saturated rings. The van der Waals surface area contributed by atoms with Gasteiger partial charge in [0.05, 0.1) is 7.11 Å². The Bertz CT molecular complexity index is 364. The average molecular weight is 233 g/mol. The Balaban J connectivity index is 2.01. The van der Waals surface area contributed by atoms with Crippen molar-refractivity contribution in [3.8, 4) is 5.75 Å². The maximum Gasteiger partial charge on any atom is 0.123 e. The first-order valence-corrected chi connectivity index (χ1v) is 6.59. The van der Waals surface area contributed by atoms with E-state index in [1.165, 1.54) is 24.8 Å². The highest BCUT2D eigenvalue weighted by Gasteiger charge is 2.23. The second-order valence-corrected chi connectivity index (χ2v) is 5.25. The molecule has 0 amide bonds. The number of benzene rings is 1. The van der Waals surface area contributed by atoms with Crippen molar-refractivity contribution in [2.45, 2.75) is 45.2 Å². The minimum Gasteiger partial charge on any atom is -0.496 e. The summed E-state index contributed by atoms with van der Waals surface area (Å²) in [4.78, 5) is 0. The van der Waals surface area contributed by atoms with Crippen LogP contribution < -0.4 is 10.1 Å². The van der Waals surface area contributed by atoms with Gasteiger partial charge in [-0.1, -0.05) is 25.1 Å². The van der Waals surface area contributed by atoms with Crippen LogP contribution in [0.2, 0.25) is 0 Å². The molecular formula is C15H23NO. The molecule has 0 bridgehead atoms. The summed E-state index contributed by atoms with van der Waals surface area (Å²) in [6.45, 7) is 4.57. The van der Waals surface area contributed by atoms with E-state index in [1.807, 2.05) is 12.1 Å². The zero-order valence-corrected chi connectivity index (χ0v) is 11.1. The van der Waals surface area contributed by atoms with Gasteiger partial charge in [0.1, 0.15) is 5.75 Å². The quantitative estimate of drug-likeness (QED) is 0.859. The van der Waals surface area contributed by atoms with E-state index >= 15 is 0 Å². The van der Waals surface area contributed by atoms with Gasteiger partial charge in [0.2, 0.25) is 0 Å². The smallest absolute Gasteiger partial charge is 0.123 e. The van der Waals surface area contributed by atoms with Gasteiger partial charge in [-0.05, 0) is 38.2 Å². The lowest BCUT2D eigenvalue weighted by Gasteiger charge is -2.21. The molecule has 2 nitrogen and oxygen atoms in total. The minimum atomic E-state index is 0.362. The predicted molar refractivity (Wildman–Crippen MR) is 71.3 cm³/mol. The Kier molecular flexibility index (Phi) is 4.06. The number of ether oxygens (including phenoxy) is 1. The molecule has 1 aromatic rings. The van der Waals surface area contributed by atoms with Crippen molar-refractivity contribution in [3.05, 3.63) is 29.8 Å². The van der Waals surface area contributed by atoms with Crippen LogP contribution in [0.1, 0.15) is 44.7 Å². The summed E-state index contributed by atoms with van der Waals surface area (Å²) in [7, 11) is 1.74. The molecular weight excluding hydrogens is 210 g/mol. The number of methoxy groups -OCH3 is 1. The van der Waals surface area contributed by atoms with Crippen molar-refractivity contribution in [2.75, 3.05) is 7.11 Å². The first kappa shape index (κ1) is 12.4. The lowest BCUT2D eigenvalue weighted by Crippen LogP contribution is -2.29. The van der Waals surface area contributed by atoms with Gasteiger partial charge in [0.15, 0.2) is 0 Å². The van der Waals surface area contributed by atoms with Gasteiger partial charge >= 0.3 is 0 Å². The third-order valence-electron chi connectivity index (χ3n) is 3.79. The molecule has 94 valence electrons. The van der Waals surface area contributed by atoms with Crippen LogP contribution in [0, 0.1) is 5.92 Å². The third-order valence-corrected chi connectivity index (χ3v) is 3.79. The molecule has 0 aliphatic heterocycles. The molecule has 1 aliphatic rings. The molecule has 1 aromatic carbocycles. The van der Waals surface area contributed by atoms with E-state index < -0.39 is 0 Å². The standard InChI is InChI=1S/C15H23NO/c1-11-8-9-13(10-11)16-12(2)14-6-4-5-7-15(14)17-3/h4-7,11-13,16H,8-10H2,1-3H3/t11?,12-,13?/m1/s1. The van der Waals surface area contributed by atoms with Gasteiger partial charge in [-0.25, -0.2) is 0 Å². The minimum absolute atomic E-state index is 0.362. The van der Waals surface area contributed by atoms with Crippen LogP contribution in [0.3, 0.4) is 0 Å². The Hall–Kier alpha value is -1.02. The maximum absolute atomic E-state index is 5.41. The Morgan fingerprint density at radius 2 is 2.06 bits per heavy atom. The zero-order valence-electron chi connectivity index (χ0n) is 11.1. The summed E-state index contributed by atoms with van der Waals surface area (Å²) in [6.07, 6.45) is 3.97. The summed E-state index contributed by atoms with van der Waals surface area (Å²) in [5, 5.41) is 3.72. The molecule has 1 aliphatic carbocycles. The Morgan fingerprint density at radius 3 is 2.71 bits per heavy atom. The Morgan fingerprint density at radius 1 is 1.29 bits per heavy atom. The molecule has 1 N–H and O–H groups in total. The van der Waals surface area contributed by atoms with Crippen molar-refractivity contribution in [3.63, 3.8) is 0 Å². The molecule has 2 rings (SSSR count). The van der Waals surface area contributed by atoms with E-state index in [4.69, 9.17) is 4.74 Å². The van der Waals surface area contributed by atoms with Crippen LogP contribution in [-0.2, 0) is 0 Å². The van der Waals surface area contributed by atoms with Crippen LogP contribution in [0.15, 0.2) is 24.3 Å². The SMILES string of the molecule is COc1ccccc1[C@@H](C)NC1CCC(C)C1. The van der Waals surface area contributed by atoms with E-state index in [-0.39, 0.29) is 0 Å². The molecule has 0 radical (unpaired) electrons. The van der Waals surface area contributed by atoms with Crippen molar-refractivity contribution in [2.24, 2.45) is 5.92 Å². The summed E-state index contributed by atoms with van der Waals surface area (Å²) < 4.78 is 5.41. The van der Waals surface area contributed by atoms with Gasteiger partial charge in [-0.15, -0.1) is 0 Å². The molecule has 0 saturated heterocycles. The summed E-state index contributed by atoms with van der Waals surface area (Å²) in [5.41, 5.74) is 1.26. The number of nitrogens with one attached hydrogen (secondary N) is 1. The first-order valence-electron chi connectivity index (χ1n) is 6.59. The molecule has 2 heteroatoms. The van der Waals surface area contributed by atoms with Crippen molar-refractivity contribution < 1.29 is 4.74 Å². The van der Waals surface area contributed by atoms with E-state index in [0.717, 1.165) is 11.7 Å². The van der Waals surface area contributed by atoms with E-state index in [0.29, 0.717) is 12.1 Å². The summed E-state index contributed by atoms with van der Waals surface area (Å²) in [6, 6.07) is 9.31. The van der Waals surface area contributed by atoms with E-state index in [1.54, 1.807) is 7.11 Å². The van der Waals surface area contributed by atoms with Crippen LogP contribution in [-0.4, -0.2) is 13.2 Å². The summed E-state index contributed by atoms with van der Waals surface area (Å²) >= 11 is 0. The molecule has 2 unspecified atom stereocenters. The van der Waals surface area contributed by atoms with Crippen molar-refractivity contribution >= 4 is 0 Å². The zero-order chi connectivity index (χ0) is 12.3. The fraction of sp³-hybridized carbons (Fsp3) is 0.600. The van der Waals surface area contributed by atoms with E-state index in [2.05, 4.69) is 31.3 Å². The first-order chi connectivity index (χ1) is 8.20. The number of para-hydroxylation sites is 1. The largest absolute Gasteiger partial charge is 0.496 e. The van der Waals surface area contributed by atoms with Crippen LogP contribution in [0.4, 0.5) is 0 Å². The highest BCUT2D eigenvalue weighted by atomic mass is 16.5. The van der Waals surface area contributed by atoms with Gasteiger partial charge < -0.3 is 10.1 Å². The molecule has 0 spiro atoms. The van der Waals surface area contributed by atoms with Gasteiger partial charge in [0.25, 0.3) is 0 Å². The monoisotopic (exact) mass is 233 g/mol. The fourth-order valence-electron chi connectivity index (χ4n) is 2.83. The third kappa shape index (κ3) is 3.01. The highest BCUT2D eigenvalue weighted by Crippen LogP contribution is 2.29. The van der Waals surface area contributed by atoms with Crippen LogP contribution in [0.25, 0.3) is 0 Å². The topological polar surface area (TPSA) is 21.3 Å². The molecule has 0 heterocycles. The second-order valence-electron chi connectivity index (χ2n) is 5.25. The van der Waals surface area contributed by atoms with Gasteiger partial charge in [-0.3, -0.25) is 0 Å². The average Bonchev–Trinajstić information content (AvgIpc) is 2.74. The van der Waals surface area contributed by atoms with Crippen LogP contribution in [0.5, 0.6) is 5.75 Å². The Labute approximate surface area is 104 Å². The lowest BCUT2D eigenvalue weighted by molar-refractivity contribution is 0.391. The highest BCUT2D eigenvalue weighted by molar-refractivity contribution is 5.35. The normalized spacial score (nSPS) is 25.8.